The molecule has 0 aliphatic heterocycles. The van der Waals surface area contributed by atoms with Crippen molar-refractivity contribution >= 4 is 39.5 Å². The Morgan fingerprint density at radius 3 is 0.773 bits per heavy atom. The summed E-state index contributed by atoms with van der Waals surface area (Å²) in [6.45, 7) is 9.47. The molecule has 0 aromatic rings. The van der Waals surface area contributed by atoms with Crippen molar-refractivity contribution in [2.45, 2.75) is 368 Å². The van der Waals surface area contributed by atoms with E-state index >= 15 is 0 Å². The van der Waals surface area contributed by atoms with E-state index < -0.39 is 97.5 Å². The quantitative estimate of drug-likeness (QED) is 0.0222. The summed E-state index contributed by atoms with van der Waals surface area (Å²) in [5.41, 5.74) is 0. The number of phosphoric acid groups is 2. The third-order valence-corrected chi connectivity index (χ3v) is 17.9. The van der Waals surface area contributed by atoms with Crippen molar-refractivity contribution in [3.8, 4) is 0 Å². The molecule has 0 aliphatic rings. The fourth-order valence-electron chi connectivity index (χ4n) is 10.4. The van der Waals surface area contributed by atoms with E-state index in [1.807, 2.05) is 0 Å². The van der Waals surface area contributed by atoms with Gasteiger partial charge in [0.1, 0.15) is 19.3 Å². The predicted molar refractivity (Wildman–Crippen MR) is 354 cm³/mol. The minimum Gasteiger partial charge on any atom is -0.462 e. The maximum absolute atomic E-state index is 13.0. The Hall–Kier alpha value is -1.94. The van der Waals surface area contributed by atoms with E-state index in [4.69, 9.17) is 37.0 Å². The monoisotopic (exact) mass is 1300 g/mol. The molecule has 0 aliphatic carbocycles. The first-order chi connectivity index (χ1) is 42.4. The molecule has 0 aromatic heterocycles. The van der Waals surface area contributed by atoms with E-state index in [-0.39, 0.29) is 25.7 Å². The molecular weight excluding hydrogens is 1160 g/mol. The van der Waals surface area contributed by atoms with Gasteiger partial charge in [0.2, 0.25) is 0 Å². The zero-order chi connectivity index (χ0) is 65.0. The lowest BCUT2D eigenvalue weighted by molar-refractivity contribution is -0.161. The first-order valence-corrected chi connectivity index (χ1v) is 39.0. The Kier molecular flexibility index (Phi) is 59.9. The Balaban J connectivity index is 5.12. The van der Waals surface area contributed by atoms with Gasteiger partial charge in [-0.3, -0.25) is 37.3 Å². The molecule has 0 saturated heterocycles. The van der Waals surface area contributed by atoms with Crippen LogP contribution in [0, 0.1) is 11.8 Å². The summed E-state index contributed by atoms with van der Waals surface area (Å²) >= 11 is 0. The maximum atomic E-state index is 13.0. The molecule has 0 radical (unpaired) electrons. The Morgan fingerprint density at radius 2 is 0.523 bits per heavy atom. The lowest BCUT2D eigenvalue weighted by Gasteiger charge is -2.21. The number of esters is 4. The fraction of sp³-hybridized carbons (Fsp3) is 0.942. The molecule has 522 valence electrons. The molecule has 0 rings (SSSR count). The number of ether oxygens (including phenoxy) is 4. The molecule has 0 fully saturated rings. The number of hydrogen-bond acceptors (Lipinski definition) is 15. The zero-order valence-corrected chi connectivity index (χ0v) is 58.8. The van der Waals surface area contributed by atoms with Crippen LogP contribution in [0.4, 0.5) is 0 Å². The summed E-state index contributed by atoms with van der Waals surface area (Å²) in [7, 11) is -9.89. The van der Waals surface area contributed by atoms with Crippen LogP contribution < -0.4 is 0 Å². The van der Waals surface area contributed by atoms with Gasteiger partial charge >= 0.3 is 39.5 Å². The topological polar surface area (TPSA) is 237 Å². The fourth-order valence-corrected chi connectivity index (χ4v) is 12.0. The van der Waals surface area contributed by atoms with E-state index in [0.29, 0.717) is 31.6 Å². The number of carbonyl (C=O) groups is 4. The van der Waals surface area contributed by atoms with Gasteiger partial charge in [-0.2, -0.15) is 0 Å². The highest BCUT2D eigenvalue weighted by molar-refractivity contribution is 7.47. The third kappa shape index (κ3) is 62.8. The summed E-state index contributed by atoms with van der Waals surface area (Å²) in [5, 5.41) is 10.5. The largest absolute Gasteiger partial charge is 0.472 e. The van der Waals surface area contributed by atoms with Crippen LogP contribution in [0.3, 0.4) is 0 Å². The zero-order valence-electron chi connectivity index (χ0n) is 57.0. The molecule has 0 aromatic carbocycles. The van der Waals surface area contributed by atoms with Crippen LogP contribution in [0.2, 0.25) is 0 Å². The van der Waals surface area contributed by atoms with E-state index in [2.05, 4.69) is 41.5 Å². The molecule has 19 heteroatoms. The third-order valence-electron chi connectivity index (χ3n) is 16.0. The van der Waals surface area contributed by atoms with Gasteiger partial charge in [0, 0.05) is 25.7 Å². The van der Waals surface area contributed by atoms with Crippen LogP contribution in [-0.4, -0.2) is 96.7 Å². The van der Waals surface area contributed by atoms with Gasteiger partial charge in [0.25, 0.3) is 0 Å². The molecule has 0 heterocycles. The molecule has 0 amide bonds. The van der Waals surface area contributed by atoms with Crippen LogP contribution in [0.15, 0.2) is 0 Å². The molecule has 0 spiro atoms. The van der Waals surface area contributed by atoms with Crippen LogP contribution >= 0.6 is 15.6 Å². The number of aliphatic hydroxyl groups is 1. The van der Waals surface area contributed by atoms with Gasteiger partial charge < -0.3 is 33.8 Å². The van der Waals surface area contributed by atoms with E-state index in [1.165, 1.54) is 154 Å². The maximum Gasteiger partial charge on any atom is 0.472 e. The lowest BCUT2D eigenvalue weighted by Crippen LogP contribution is -2.30. The molecule has 88 heavy (non-hydrogen) atoms. The lowest BCUT2D eigenvalue weighted by atomic mass is 10.0. The summed E-state index contributed by atoms with van der Waals surface area (Å²) in [6.07, 6.45) is 46.1. The number of unbranched alkanes of at least 4 members (excludes halogenated alkanes) is 38. The Morgan fingerprint density at radius 1 is 0.307 bits per heavy atom. The van der Waals surface area contributed by atoms with Crippen molar-refractivity contribution in [2.24, 2.45) is 11.8 Å². The molecule has 2 unspecified atom stereocenters. The number of hydrogen-bond donors (Lipinski definition) is 3. The first-order valence-electron chi connectivity index (χ1n) is 36.0. The molecule has 5 atom stereocenters. The van der Waals surface area contributed by atoms with Gasteiger partial charge in [-0.1, -0.05) is 298 Å². The predicted octanol–water partition coefficient (Wildman–Crippen LogP) is 19.6. The van der Waals surface area contributed by atoms with E-state index in [9.17, 15) is 43.2 Å². The van der Waals surface area contributed by atoms with Crippen molar-refractivity contribution in [1.82, 2.24) is 0 Å². The SMILES string of the molecule is CCCCCCCCCCCC(=O)O[C@H](COC(=O)CCCCCCCCCC)COP(=O)(O)OC[C@H](O)COP(=O)(O)OC[C@@H](COC(=O)CCCCCCCCCC(C)C)OC(=O)CCCCCCCCCCCCCCCCCCCCC(C)C. The number of rotatable bonds is 68. The van der Waals surface area contributed by atoms with E-state index in [1.54, 1.807) is 0 Å². The first kappa shape index (κ1) is 86.1. The molecular formula is C69H134O17P2. The van der Waals surface area contributed by atoms with Gasteiger partial charge in [0.15, 0.2) is 12.2 Å². The Labute approximate surface area is 537 Å². The minimum atomic E-state index is -4.95. The second-order valence-corrected chi connectivity index (χ2v) is 28.8. The van der Waals surface area contributed by atoms with E-state index in [0.717, 1.165) is 109 Å². The van der Waals surface area contributed by atoms with Crippen molar-refractivity contribution in [2.75, 3.05) is 39.6 Å². The van der Waals surface area contributed by atoms with Crippen molar-refractivity contribution in [3.05, 3.63) is 0 Å². The average molecular weight is 1300 g/mol. The van der Waals surface area contributed by atoms with Crippen molar-refractivity contribution in [1.29, 1.82) is 0 Å². The second kappa shape index (κ2) is 61.3. The summed E-state index contributed by atoms with van der Waals surface area (Å²) in [4.78, 5) is 72.3. The van der Waals surface area contributed by atoms with Gasteiger partial charge in [-0.15, -0.1) is 0 Å². The normalized spacial score (nSPS) is 14.2. The number of carbonyl (C=O) groups excluding carboxylic acids is 4. The molecule has 0 bridgehead atoms. The van der Waals surface area contributed by atoms with Crippen LogP contribution in [-0.2, 0) is 65.4 Å². The Bertz CT molecular complexity index is 1720. The average Bonchev–Trinajstić information content (AvgIpc) is 3.64. The van der Waals surface area contributed by atoms with Gasteiger partial charge in [-0.05, 0) is 37.5 Å². The smallest absolute Gasteiger partial charge is 0.462 e. The molecule has 17 nitrogen and oxygen atoms in total. The minimum absolute atomic E-state index is 0.105. The second-order valence-electron chi connectivity index (χ2n) is 25.9. The summed E-state index contributed by atoms with van der Waals surface area (Å²) in [6, 6.07) is 0. The number of phosphoric ester groups is 2. The summed E-state index contributed by atoms with van der Waals surface area (Å²) in [5.74, 6) is -0.606. The van der Waals surface area contributed by atoms with Crippen molar-refractivity contribution < 1.29 is 80.2 Å². The van der Waals surface area contributed by atoms with Gasteiger partial charge in [0.05, 0.1) is 26.4 Å². The van der Waals surface area contributed by atoms with Crippen LogP contribution in [0.25, 0.3) is 0 Å². The van der Waals surface area contributed by atoms with Crippen LogP contribution in [0.5, 0.6) is 0 Å². The highest BCUT2D eigenvalue weighted by Crippen LogP contribution is 2.45. The highest BCUT2D eigenvalue weighted by Gasteiger charge is 2.30. The number of aliphatic hydroxyl groups excluding tert-OH is 1. The van der Waals surface area contributed by atoms with Gasteiger partial charge in [-0.25, -0.2) is 9.13 Å². The molecule has 3 N–H and O–H groups in total. The standard InChI is InChI=1S/C69H134O17P2/c1-7-9-11-13-15-27-34-41-47-53-68(73)85-64(57-79-66(71)51-45-39-33-16-14-12-10-8-2)59-83-87(75,76)81-55-63(70)56-82-88(77,78)84-60-65(58-80-67(72)52-46-40-36-30-32-38-44-50-62(5)6)86-69(74)54-48-42-35-29-26-24-22-20-18-17-19-21-23-25-28-31-37-43-49-61(3)4/h61-65,70H,7-60H2,1-6H3,(H,75,76)(H,77,78)/t63-,64+,65+/m0/s1. The van der Waals surface area contributed by atoms with Crippen molar-refractivity contribution in [3.63, 3.8) is 0 Å². The summed E-state index contributed by atoms with van der Waals surface area (Å²) < 4.78 is 68.0. The molecule has 0 saturated carbocycles. The highest BCUT2D eigenvalue weighted by atomic mass is 31.2. The van der Waals surface area contributed by atoms with Crippen LogP contribution in [0.1, 0.15) is 350 Å².